The molecule has 0 saturated carbocycles. The van der Waals surface area contributed by atoms with E-state index in [0.29, 0.717) is 18.6 Å². The van der Waals surface area contributed by atoms with Gasteiger partial charge in [-0.05, 0) is 59.7 Å². The van der Waals surface area contributed by atoms with Crippen LogP contribution in [0.3, 0.4) is 0 Å². The molecule has 2 aromatic carbocycles. The van der Waals surface area contributed by atoms with E-state index in [4.69, 9.17) is 9.72 Å². The standard InChI is InChI=1S/C25H25N3O2S/c1-2-31-23-14-17(7-10-26-23)13-18-15-22-24(21-6-4-3-5-20(18)21)27-16-28(25(22)29)19-8-11-30-12-9-19/h3-7,10,14-16,19H,2,8-9,11-13H2,1H3. The second-order valence-electron chi connectivity index (χ2n) is 7.89. The van der Waals surface area contributed by atoms with Gasteiger partial charge in [-0.3, -0.25) is 9.36 Å². The van der Waals surface area contributed by atoms with Gasteiger partial charge in [-0.15, -0.1) is 11.8 Å². The van der Waals surface area contributed by atoms with Crippen LogP contribution in [0.15, 0.2) is 64.8 Å². The van der Waals surface area contributed by atoms with Crippen LogP contribution in [0.4, 0.5) is 0 Å². The number of benzene rings is 2. The molecule has 2 aromatic heterocycles. The average Bonchev–Trinajstić information content (AvgIpc) is 2.81. The Morgan fingerprint density at radius 1 is 1.06 bits per heavy atom. The first-order chi connectivity index (χ1) is 15.2. The topological polar surface area (TPSA) is 57.0 Å². The molecule has 0 bridgehead atoms. The molecular weight excluding hydrogens is 406 g/mol. The van der Waals surface area contributed by atoms with Crippen molar-refractivity contribution in [1.82, 2.24) is 14.5 Å². The summed E-state index contributed by atoms with van der Waals surface area (Å²) in [6.45, 7) is 3.52. The van der Waals surface area contributed by atoms with Gasteiger partial charge in [0.05, 0.1) is 22.3 Å². The molecule has 0 aliphatic carbocycles. The van der Waals surface area contributed by atoms with Gasteiger partial charge in [0.2, 0.25) is 0 Å². The van der Waals surface area contributed by atoms with Crippen molar-refractivity contribution in [1.29, 1.82) is 0 Å². The maximum atomic E-state index is 13.5. The summed E-state index contributed by atoms with van der Waals surface area (Å²) in [7, 11) is 0. The van der Waals surface area contributed by atoms with E-state index in [1.165, 1.54) is 5.56 Å². The molecule has 5 nitrogen and oxygen atoms in total. The smallest absolute Gasteiger partial charge is 0.261 e. The van der Waals surface area contributed by atoms with E-state index < -0.39 is 0 Å². The zero-order chi connectivity index (χ0) is 21.2. The predicted molar refractivity (Wildman–Crippen MR) is 126 cm³/mol. The first-order valence-corrected chi connectivity index (χ1v) is 11.8. The highest BCUT2D eigenvalue weighted by atomic mass is 32.2. The van der Waals surface area contributed by atoms with E-state index in [0.717, 1.165) is 51.9 Å². The van der Waals surface area contributed by atoms with E-state index in [2.05, 4.69) is 42.2 Å². The van der Waals surface area contributed by atoms with Gasteiger partial charge >= 0.3 is 0 Å². The van der Waals surface area contributed by atoms with Crippen molar-refractivity contribution in [2.45, 2.75) is 37.3 Å². The SMILES string of the molecule is CCSc1cc(Cc2cc3c(=O)n(C4CCOCC4)cnc3c3ccccc23)ccn1. The first-order valence-electron chi connectivity index (χ1n) is 10.8. The van der Waals surface area contributed by atoms with E-state index >= 15 is 0 Å². The fourth-order valence-electron chi connectivity index (χ4n) is 4.43. The van der Waals surface area contributed by atoms with Crippen LogP contribution in [-0.4, -0.2) is 33.5 Å². The number of nitrogens with zero attached hydrogens (tertiary/aromatic N) is 3. The maximum Gasteiger partial charge on any atom is 0.261 e. The quantitative estimate of drug-likeness (QED) is 0.329. The molecule has 1 aliphatic rings. The van der Waals surface area contributed by atoms with Gasteiger partial charge in [0.15, 0.2) is 0 Å². The summed E-state index contributed by atoms with van der Waals surface area (Å²) in [4.78, 5) is 22.7. The fourth-order valence-corrected chi connectivity index (χ4v) is 5.09. The Hall–Kier alpha value is -2.70. The van der Waals surface area contributed by atoms with Crippen LogP contribution < -0.4 is 5.56 Å². The van der Waals surface area contributed by atoms with Crippen LogP contribution in [0.1, 0.15) is 36.9 Å². The van der Waals surface area contributed by atoms with Crippen molar-refractivity contribution in [3.8, 4) is 0 Å². The third-order valence-corrected chi connectivity index (χ3v) is 6.76. The normalized spacial score (nSPS) is 15.0. The Morgan fingerprint density at radius 2 is 1.87 bits per heavy atom. The third kappa shape index (κ3) is 3.98. The molecule has 0 atom stereocenters. The minimum absolute atomic E-state index is 0.0425. The molecule has 0 unspecified atom stereocenters. The molecule has 31 heavy (non-hydrogen) atoms. The van der Waals surface area contributed by atoms with Crippen LogP contribution >= 0.6 is 11.8 Å². The molecule has 1 fully saturated rings. The minimum atomic E-state index is 0.0425. The summed E-state index contributed by atoms with van der Waals surface area (Å²) in [5.41, 5.74) is 3.17. The predicted octanol–water partition coefficient (Wildman–Crippen LogP) is 5.00. The van der Waals surface area contributed by atoms with Crippen LogP contribution in [0, 0.1) is 0 Å². The molecule has 0 amide bonds. The molecule has 3 heterocycles. The Labute approximate surface area is 185 Å². The molecule has 0 radical (unpaired) electrons. The summed E-state index contributed by atoms with van der Waals surface area (Å²) < 4.78 is 7.29. The summed E-state index contributed by atoms with van der Waals surface area (Å²) in [6, 6.07) is 14.7. The Morgan fingerprint density at radius 3 is 2.68 bits per heavy atom. The molecule has 0 spiro atoms. The van der Waals surface area contributed by atoms with Gasteiger partial charge in [0.1, 0.15) is 0 Å². The van der Waals surface area contributed by atoms with Gasteiger partial charge in [0, 0.05) is 30.8 Å². The van der Waals surface area contributed by atoms with Gasteiger partial charge in [-0.2, -0.15) is 0 Å². The lowest BCUT2D eigenvalue weighted by Crippen LogP contribution is -2.29. The number of hydrogen-bond acceptors (Lipinski definition) is 5. The lowest BCUT2D eigenvalue weighted by atomic mass is 9.96. The number of rotatable bonds is 5. The Kier molecular flexibility index (Phi) is 5.74. The van der Waals surface area contributed by atoms with E-state index in [1.807, 2.05) is 22.9 Å². The van der Waals surface area contributed by atoms with Gasteiger partial charge in [0.25, 0.3) is 5.56 Å². The molecular formula is C25H25N3O2S. The van der Waals surface area contributed by atoms with Crippen LogP contribution in [0.25, 0.3) is 21.7 Å². The number of hydrogen-bond donors (Lipinski definition) is 0. The van der Waals surface area contributed by atoms with Crippen molar-refractivity contribution >= 4 is 33.4 Å². The van der Waals surface area contributed by atoms with Crippen LogP contribution in [0.2, 0.25) is 0 Å². The second-order valence-corrected chi connectivity index (χ2v) is 9.17. The summed E-state index contributed by atoms with van der Waals surface area (Å²) in [6.07, 6.45) is 6.05. The molecule has 4 aromatic rings. The molecule has 6 heteroatoms. The zero-order valence-electron chi connectivity index (χ0n) is 17.6. The molecule has 1 aliphatic heterocycles. The van der Waals surface area contributed by atoms with Crippen molar-refractivity contribution in [3.05, 3.63) is 76.5 Å². The van der Waals surface area contributed by atoms with E-state index in [-0.39, 0.29) is 11.6 Å². The highest BCUT2D eigenvalue weighted by Gasteiger charge is 2.19. The van der Waals surface area contributed by atoms with Crippen molar-refractivity contribution in [3.63, 3.8) is 0 Å². The monoisotopic (exact) mass is 431 g/mol. The van der Waals surface area contributed by atoms with E-state index in [9.17, 15) is 4.79 Å². The Balaban J connectivity index is 1.65. The maximum absolute atomic E-state index is 13.5. The molecule has 158 valence electrons. The molecule has 0 N–H and O–H groups in total. The number of fused-ring (bicyclic) bond motifs is 3. The van der Waals surface area contributed by atoms with E-state index in [1.54, 1.807) is 18.1 Å². The number of pyridine rings is 1. The average molecular weight is 432 g/mol. The number of ether oxygens (including phenoxy) is 1. The molecule has 5 rings (SSSR count). The Bertz CT molecular complexity index is 1300. The molecule has 1 saturated heterocycles. The first kappa shape index (κ1) is 20.2. The van der Waals surface area contributed by atoms with Crippen molar-refractivity contribution < 1.29 is 4.74 Å². The number of thioether (sulfide) groups is 1. The summed E-state index contributed by atoms with van der Waals surface area (Å²) in [5.74, 6) is 0.993. The second kappa shape index (κ2) is 8.81. The lowest BCUT2D eigenvalue weighted by molar-refractivity contribution is 0.0685. The lowest BCUT2D eigenvalue weighted by Gasteiger charge is -2.24. The van der Waals surface area contributed by atoms with Gasteiger partial charge < -0.3 is 4.74 Å². The summed E-state index contributed by atoms with van der Waals surface area (Å²) in [5, 5.41) is 3.91. The highest BCUT2D eigenvalue weighted by Crippen LogP contribution is 2.29. The van der Waals surface area contributed by atoms with Gasteiger partial charge in [-0.25, -0.2) is 9.97 Å². The summed E-state index contributed by atoms with van der Waals surface area (Å²) >= 11 is 1.74. The minimum Gasteiger partial charge on any atom is -0.381 e. The van der Waals surface area contributed by atoms with Crippen LogP contribution in [0.5, 0.6) is 0 Å². The number of aromatic nitrogens is 3. The van der Waals surface area contributed by atoms with Gasteiger partial charge in [-0.1, -0.05) is 31.2 Å². The fraction of sp³-hybridized carbons (Fsp3) is 0.320. The zero-order valence-corrected chi connectivity index (χ0v) is 18.4. The van der Waals surface area contributed by atoms with Crippen molar-refractivity contribution in [2.24, 2.45) is 0 Å². The largest absolute Gasteiger partial charge is 0.381 e. The highest BCUT2D eigenvalue weighted by molar-refractivity contribution is 7.99. The third-order valence-electron chi connectivity index (χ3n) is 5.95. The van der Waals surface area contributed by atoms with Crippen LogP contribution in [-0.2, 0) is 11.2 Å². The van der Waals surface area contributed by atoms with Crippen molar-refractivity contribution in [2.75, 3.05) is 19.0 Å².